The van der Waals surface area contributed by atoms with Gasteiger partial charge >= 0.3 is 0 Å². The van der Waals surface area contributed by atoms with Gasteiger partial charge in [-0.2, -0.15) is 4.68 Å². The highest BCUT2D eigenvalue weighted by molar-refractivity contribution is 6.11. The van der Waals surface area contributed by atoms with E-state index in [1.54, 1.807) is 0 Å². The summed E-state index contributed by atoms with van der Waals surface area (Å²) in [6.07, 6.45) is 4.22. The molecule has 0 saturated carbocycles. The molecule has 37 heavy (non-hydrogen) atoms. The minimum absolute atomic E-state index is 0.220. The normalized spacial score (nSPS) is 13.8. The van der Waals surface area contributed by atoms with Crippen molar-refractivity contribution in [2.24, 2.45) is 0 Å². The summed E-state index contributed by atoms with van der Waals surface area (Å²) in [6, 6.07) is 37.6. The monoisotopic (exact) mass is 479 g/mol. The molecule has 5 aromatic carbocycles. The van der Waals surface area contributed by atoms with Crippen molar-refractivity contribution in [3.8, 4) is 5.75 Å². The number of fused-ring (bicyclic) bond motifs is 4. The number of rotatable bonds is 3. The van der Waals surface area contributed by atoms with Gasteiger partial charge in [-0.25, -0.2) is 0 Å². The van der Waals surface area contributed by atoms with Crippen LogP contribution >= 0.6 is 0 Å². The molecule has 0 unspecified atom stereocenters. The molecular weight excluding hydrogens is 458 g/mol. The molecule has 0 spiro atoms. The lowest BCUT2D eigenvalue weighted by Crippen LogP contribution is -2.34. The van der Waals surface area contributed by atoms with Gasteiger partial charge in [0.15, 0.2) is 5.60 Å². The Kier molecular flexibility index (Phi) is 4.76. The van der Waals surface area contributed by atoms with Gasteiger partial charge < -0.3 is 4.74 Å². The second-order valence-corrected chi connectivity index (χ2v) is 9.08. The highest BCUT2D eigenvalue weighted by Crippen LogP contribution is 2.44. The van der Waals surface area contributed by atoms with Crippen LogP contribution in [0.25, 0.3) is 27.9 Å². The van der Waals surface area contributed by atoms with Crippen molar-refractivity contribution < 1.29 is 9.53 Å². The summed E-state index contributed by atoms with van der Waals surface area (Å²) in [7, 11) is 0. The molecule has 2 heterocycles. The smallest absolute Gasteiger partial charge is 0.280 e. The molecule has 1 aromatic heterocycles. The first-order valence-corrected chi connectivity index (χ1v) is 12.1. The Morgan fingerprint density at radius 1 is 0.703 bits per heavy atom. The molecule has 5 heteroatoms. The molecule has 0 radical (unpaired) electrons. The number of hydrogen-bond acceptors (Lipinski definition) is 4. The quantitative estimate of drug-likeness (QED) is 0.286. The standard InChI is InChI=1S/C32H21N3O2/c36-31(35-29-17-8-7-16-28(29)33-34-35)27-15-9-14-24-25(27)18-19-30-26(24)20-21-32(37-30,22-10-3-1-4-11-22)23-12-5-2-6-13-23/h1-21H. The summed E-state index contributed by atoms with van der Waals surface area (Å²) in [5, 5.41) is 10.1. The number of carbonyl (C=O) groups is 1. The van der Waals surface area contributed by atoms with Crippen molar-refractivity contribution in [1.82, 2.24) is 15.0 Å². The summed E-state index contributed by atoms with van der Waals surface area (Å²) in [6.45, 7) is 0. The molecule has 0 bridgehead atoms. The van der Waals surface area contributed by atoms with E-state index in [1.165, 1.54) is 4.68 Å². The van der Waals surface area contributed by atoms with E-state index in [-0.39, 0.29) is 5.91 Å². The Morgan fingerprint density at radius 2 is 1.41 bits per heavy atom. The van der Waals surface area contributed by atoms with Crippen molar-refractivity contribution in [1.29, 1.82) is 0 Å². The SMILES string of the molecule is O=C(c1cccc2c3c(ccc12)OC(c1ccccc1)(c1ccccc1)C=C3)n1nnc2ccccc21. The molecule has 0 fully saturated rings. The largest absolute Gasteiger partial charge is 0.473 e. The van der Waals surface area contributed by atoms with Crippen LogP contribution in [0.4, 0.5) is 0 Å². The Labute approximate surface area is 213 Å². The van der Waals surface area contributed by atoms with E-state index in [9.17, 15) is 4.79 Å². The number of carbonyl (C=O) groups excluding carboxylic acids is 1. The predicted octanol–water partition coefficient (Wildman–Crippen LogP) is 6.62. The fourth-order valence-corrected chi connectivity index (χ4v) is 5.20. The Morgan fingerprint density at radius 3 is 2.16 bits per heavy atom. The zero-order chi connectivity index (χ0) is 24.8. The number of nitrogens with zero attached hydrogens (tertiary/aromatic N) is 3. The molecule has 0 atom stereocenters. The van der Waals surface area contributed by atoms with Crippen molar-refractivity contribution >= 4 is 33.8 Å². The average molecular weight is 480 g/mol. The maximum atomic E-state index is 13.6. The van der Waals surface area contributed by atoms with Gasteiger partial charge in [0.25, 0.3) is 5.91 Å². The van der Waals surface area contributed by atoms with Gasteiger partial charge in [-0.1, -0.05) is 90.1 Å². The molecule has 0 saturated heterocycles. The van der Waals surface area contributed by atoms with Crippen LogP contribution in [-0.4, -0.2) is 20.9 Å². The van der Waals surface area contributed by atoms with Crippen LogP contribution in [0.1, 0.15) is 27.0 Å². The lowest BCUT2D eigenvalue weighted by Gasteiger charge is -2.36. The summed E-state index contributed by atoms with van der Waals surface area (Å²) >= 11 is 0. The van der Waals surface area contributed by atoms with Crippen molar-refractivity contribution in [2.45, 2.75) is 5.60 Å². The van der Waals surface area contributed by atoms with Crippen LogP contribution in [0.3, 0.4) is 0 Å². The van der Waals surface area contributed by atoms with Crippen molar-refractivity contribution in [2.75, 3.05) is 0 Å². The van der Waals surface area contributed by atoms with Crippen LogP contribution in [0, 0.1) is 0 Å². The van der Waals surface area contributed by atoms with Crippen LogP contribution < -0.4 is 4.74 Å². The summed E-state index contributed by atoms with van der Waals surface area (Å²) in [4.78, 5) is 13.6. The fourth-order valence-electron chi connectivity index (χ4n) is 5.20. The fraction of sp³-hybridized carbons (Fsp3) is 0.0312. The van der Waals surface area contributed by atoms with E-state index in [2.05, 4.69) is 46.7 Å². The predicted molar refractivity (Wildman–Crippen MR) is 145 cm³/mol. The number of benzene rings is 5. The highest BCUT2D eigenvalue weighted by atomic mass is 16.5. The lowest BCUT2D eigenvalue weighted by molar-refractivity contribution is 0.0949. The minimum atomic E-state index is -0.754. The van der Waals surface area contributed by atoms with Crippen LogP contribution in [-0.2, 0) is 5.60 Å². The van der Waals surface area contributed by atoms with Gasteiger partial charge in [-0.05, 0) is 53.3 Å². The first-order valence-electron chi connectivity index (χ1n) is 12.1. The van der Waals surface area contributed by atoms with E-state index < -0.39 is 5.60 Å². The molecule has 176 valence electrons. The lowest BCUT2D eigenvalue weighted by atomic mass is 9.83. The maximum Gasteiger partial charge on any atom is 0.280 e. The topological polar surface area (TPSA) is 57.0 Å². The van der Waals surface area contributed by atoms with Crippen molar-refractivity contribution in [3.05, 3.63) is 144 Å². The third-order valence-corrected chi connectivity index (χ3v) is 7.00. The van der Waals surface area contributed by atoms with Gasteiger partial charge in [-0.3, -0.25) is 4.79 Å². The van der Waals surface area contributed by atoms with E-state index in [1.807, 2.05) is 91.0 Å². The molecule has 5 nitrogen and oxygen atoms in total. The summed E-state index contributed by atoms with van der Waals surface area (Å²) < 4.78 is 8.20. The molecule has 1 aliphatic heterocycles. The summed E-state index contributed by atoms with van der Waals surface area (Å²) in [5.74, 6) is 0.543. The summed E-state index contributed by atoms with van der Waals surface area (Å²) in [5.41, 5.74) is 4.21. The number of aromatic nitrogens is 3. The van der Waals surface area contributed by atoms with E-state index in [0.29, 0.717) is 16.6 Å². The second kappa shape index (κ2) is 8.28. The number of para-hydroxylation sites is 1. The second-order valence-electron chi connectivity index (χ2n) is 9.08. The van der Waals surface area contributed by atoms with Gasteiger partial charge in [0.2, 0.25) is 0 Å². The molecular formula is C32H21N3O2. The molecule has 0 amide bonds. The average Bonchev–Trinajstić information content (AvgIpc) is 3.41. The maximum absolute atomic E-state index is 13.6. The molecule has 0 N–H and O–H groups in total. The van der Waals surface area contributed by atoms with E-state index >= 15 is 0 Å². The first-order chi connectivity index (χ1) is 18.2. The number of ether oxygens (including phenoxy) is 1. The van der Waals surface area contributed by atoms with Gasteiger partial charge in [0.05, 0.1) is 5.52 Å². The molecule has 7 rings (SSSR count). The van der Waals surface area contributed by atoms with Crippen LogP contribution in [0.2, 0.25) is 0 Å². The van der Waals surface area contributed by atoms with Crippen LogP contribution in [0.15, 0.2) is 121 Å². The number of hydrogen-bond donors (Lipinski definition) is 0. The van der Waals surface area contributed by atoms with E-state index in [0.717, 1.165) is 33.2 Å². The molecule has 1 aliphatic rings. The molecule has 6 aromatic rings. The molecule has 0 aliphatic carbocycles. The van der Waals surface area contributed by atoms with Crippen molar-refractivity contribution in [3.63, 3.8) is 0 Å². The van der Waals surface area contributed by atoms with E-state index in [4.69, 9.17) is 4.74 Å². The van der Waals surface area contributed by atoms with Gasteiger partial charge in [0, 0.05) is 22.3 Å². The zero-order valence-electron chi connectivity index (χ0n) is 19.8. The van der Waals surface area contributed by atoms with Gasteiger partial charge in [-0.15, -0.1) is 5.10 Å². The Balaban J connectivity index is 1.37. The first kappa shape index (κ1) is 21.3. The van der Waals surface area contributed by atoms with Crippen LogP contribution in [0.5, 0.6) is 5.75 Å². The minimum Gasteiger partial charge on any atom is -0.473 e. The Bertz CT molecular complexity index is 1780. The van der Waals surface area contributed by atoms with Gasteiger partial charge in [0.1, 0.15) is 11.3 Å². The zero-order valence-corrected chi connectivity index (χ0v) is 19.8. The third kappa shape index (κ3) is 3.28. The third-order valence-electron chi connectivity index (χ3n) is 7.00. The highest BCUT2D eigenvalue weighted by Gasteiger charge is 2.37. The Hall–Kier alpha value is -5.03.